The van der Waals surface area contributed by atoms with Crippen LogP contribution in [0.3, 0.4) is 0 Å². The summed E-state index contributed by atoms with van der Waals surface area (Å²) >= 11 is 0. The van der Waals surface area contributed by atoms with Crippen LogP contribution in [0.15, 0.2) is 27.8 Å². The highest BCUT2D eigenvalue weighted by Crippen LogP contribution is 2.28. The van der Waals surface area contributed by atoms with Gasteiger partial charge in [0.1, 0.15) is 0 Å². The summed E-state index contributed by atoms with van der Waals surface area (Å²) < 4.78 is 5.23. The van der Waals surface area contributed by atoms with Gasteiger partial charge in [0.05, 0.1) is 6.26 Å². The van der Waals surface area contributed by atoms with Crippen molar-refractivity contribution in [3.05, 3.63) is 24.2 Å². The van der Waals surface area contributed by atoms with Gasteiger partial charge in [-0.2, -0.15) is 0 Å². The first-order valence-electron chi connectivity index (χ1n) is 11.4. The molecule has 0 spiro atoms. The Morgan fingerprint density at radius 1 is 1.03 bits per heavy atom. The highest BCUT2D eigenvalue weighted by atomic mass is 16.3. The van der Waals surface area contributed by atoms with Crippen molar-refractivity contribution < 1.29 is 14.0 Å². The third-order valence-electron chi connectivity index (χ3n) is 6.66. The van der Waals surface area contributed by atoms with E-state index in [0.717, 1.165) is 71.2 Å². The van der Waals surface area contributed by atoms with E-state index in [0.29, 0.717) is 30.7 Å². The van der Waals surface area contributed by atoms with E-state index in [9.17, 15) is 9.59 Å². The zero-order valence-electron chi connectivity index (χ0n) is 18.5. The molecule has 0 atom stereocenters. The predicted molar refractivity (Wildman–Crippen MR) is 118 cm³/mol. The van der Waals surface area contributed by atoms with Gasteiger partial charge in [0.2, 0.25) is 5.91 Å². The molecule has 0 radical (unpaired) electrons. The summed E-state index contributed by atoms with van der Waals surface area (Å²) in [6.45, 7) is 8.09. The van der Waals surface area contributed by atoms with Gasteiger partial charge in [0.25, 0.3) is 5.91 Å². The first-order valence-corrected chi connectivity index (χ1v) is 11.4. The molecule has 9 heteroatoms. The van der Waals surface area contributed by atoms with Crippen molar-refractivity contribution in [3.63, 3.8) is 0 Å². The number of amides is 2. The minimum absolute atomic E-state index is 0.0532. The maximum absolute atomic E-state index is 12.4. The lowest BCUT2D eigenvalue weighted by atomic mass is 9.84. The van der Waals surface area contributed by atoms with Crippen molar-refractivity contribution in [2.45, 2.75) is 19.3 Å². The summed E-state index contributed by atoms with van der Waals surface area (Å²) in [6.07, 6.45) is 4.89. The second kappa shape index (κ2) is 10.2. The molecule has 170 valence electrons. The molecule has 31 heavy (non-hydrogen) atoms. The first kappa shape index (κ1) is 21.7. The summed E-state index contributed by atoms with van der Waals surface area (Å²) in [6, 6.07) is 3.44. The molecule has 1 aromatic heterocycles. The van der Waals surface area contributed by atoms with E-state index >= 15 is 0 Å². The Kier molecular flexibility index (Phi) is 7.11. The summed E-state index contributed by atoms with van der Waals surface area (Å²) in [7, 11) is 1.80. The molecule has 3 fully saturated rings. The summed E-state index contributed by atoms with van der Waals surface area (Å²) in [5.41, 5.74) is 0. The maximum atomic E-state index is 12.4. The quantitative estimate of drug-likeness (QED) is 0.543. The zero-order valence-corrected chi connectivity index (χ0v) is 18.5. The fourth-order valence-corrected chi connectivity index (χ4v) is 4.44. The second-order valence-corrected chi connectivity index (χ2v) is 8.53. The molecule has 4 rings (SSSR count). The average molecular weight is 431 g/mol. The van der Waals surface area contributed by atoms with Gasteiger partial charge in [0, 0.05) is 78.4 Å². The summed E-state index contributed by atoms with van der Waals surface area (Å²) in [5, 5.41) is 3.46. The van der Waals surface area contributed by atoms with Gasteiger partial charge in [-0.05, 0) is 25.0 Å². The standard InChI is InChI=1S/C22H34N6O3/c1-23-22(28-15-13-27(14-16-28)21(30)19-6-3-17-31-19)24-7-8-25-9-11-26(12-10-25)20(29)18-4-2-5-18/h3,6,17-18H,2,4-5,7-16H2,1H3,(H,23,24). The number of rotatable bonds is 5. The molecular weight excluding hydrogens is 396 g/mol. The number of nitrogens with zero attached hydrogens (tertiary/aromatic N) is 5. The summed E-state index contributed by atoms with van der Waals surface area (Å²) in [4.78, 5) is 37.7. The van der Waals surface area contributed by atoms with Crippen LogP contribution in [0, 0.1) is 5.92 Å². The number of carbonyl (C=O) groups is 2. The third kappa shape index (κ3) is 5.20. The number of hydrogen-bond donors (Lipinski definition) is 1. The zero-order chi connectivity index (χ0) is 21.6. The molecule has 1 aromatic rings. The van der Waals surface area contributed by atoms with Crippen LogP contribution >= 0.6 is 0 Å². The minimum atomic E-state index is -0.0532. The Morgan fingerprint density at radius 3 is 2.29 bits per heavy atom. The van der Waals surface area contributed by atoms with Crippen molar-refractivity contribution in [1.29, 1.82) is 0 Å². The molecule has 2 amide bonds. The Labute approximate surface area is 184 Å². The van der Waals surface area contributed by atoms with Crippen molar-refractivity contribution in [3.8, 4) is 0 Å². The van der Waals surface area contributed by atoms with Gasteiger partial charge in [-0.3, -0.25) is 19.5 Å². The smallest absolute Gasteiger partial charge is 0.289 e. The highest BCUT2D eigenvalue weighted by Gasteiger charge is 2.31. The van der Waals surface area contributed by atoms with E-state index in [-0.39, 0.29) is 5.91 Å². The van der Waals surface area contributed by atoms with E-state index in [1.807, 2.05) is 4.90 Å². The third-order valence-corrected chi connectivity index (χ3v) is 6.66. The molecule has 3 aliphatic rings. The predicted octanol–water partition coefficient (Wildman–Crippen LogP) is 0.557. The topological polar surface area (TPSA) is 84.6 Å². The molecule has 9 nitrogen and oxygen atoms in total. The van der Waals surface area contributed by atoms with Crippen LogP contribution in [0.2, 0.25) is 0 Å². The SMILES string of the molecule is CN=C(NCCN1CCN(C(=O)C2CCC2)CC1)N1CCN(C(=O)c2ccco2)CC1. The number of furan rings is 1. The van der Waals surface area contributed by atoms with E-state index in [1.54, 1.807) is 19.2 Å². The Bertz CT molecular complexity index is 760. The number of nitrogens with one attached hydrogen (secondary N) is 1. The lowest BCUT2D eigenvalue weighted by molar-refractivity contribution is -0.139. The van der Waals surface area contributed by atoms with Crippen LogP contribution in [0.25, 0.3) is 0 Å². The lowest BCUT2D eigenvalue weighted by Crippen LogP contribution is -2.55. The minimum Gasteiger partial charge on any atom is -0.459 e. The fraction of sp³-hybridized carbons (Fsp3) is 0.682. The molecule has 1 saturated carbocycles. The molecule has 0 unspecified atom stereocenters. The van der Waals surface area contributed by atoms with Gasteiger partial charge in [-0.1, -0.05) is 6.42 Å². The molecule has 0 bridgehead atoms. The van der Waals surface area contributed by atoms with Crippen LogP contribution in [0.5, 0.6) is 0 Å². The van der Waals surface area contributed by atoms with E-state index in [4.69, 9.17) is 4.42 Å². The maximum Gasteiger partial charge on any atom is 0.289 e. The molecule has 3 heterocycles. The van der Waals surface area contributed by atoms with Crippen LogP contribution in [0.1, 0.15) is 29.8 Å². The van der Waals surface area contributed by atoms with Gasteiger partial charge < -0.3 is 24.4 Å². The fourth-order valence-electron chi connectivity index (χ4n) is 4.44. The van der Waals surface area contributed by atoms with Crippen molar-refractivity contribution >= 4 is 17.8 Å². The first-order chi connectivity index (χ1) is 15.2. The van der Waals surface area contributed by atoms with Gasteiger partial charge in [-0.25, -0.2) is 0 Å². The molecular formula is C22H34N6O3. The monoisotopic (exact) mass is 430 g/mol. The van der Waals surface area contributed by atoms with E-state index in [1.165, 1.54) is 12.7 Å². The van der Waals surface area contributed by atoms with Crippen molar-refractivity contribution in [2.24, 2.45) is 10.9 Å². The Hall–Kier alpha value is -2.55. The molecule has 2 saturated heterocycles. The largest absolute Gasteiger partial charge is 0.459 e. The number of aliphatic imine (C=N–C) groups is 1. The second-order valence-electron chi connectivity index (χ2n) is 8.53. The molecule has 2 aliphatic heterocycles. The van der Waals surface area contributed by atoms with Gasteiger partial charge >= 0.3 is 0 Å². The lowest BCUT2D eigenvalue weighted by Gasteiger charge is -2.38. The Balaban J connectivity index is 1.14. The van der Waals surface area contributed by atoms with Crippen LogP contribution in [-0.4, -0.2) is 110 Å². The Morgan fingerprint density at radius 2 is 1.71 bits per heavy atom. The van der Waals surface area contributed by atoms with Crippen LogP contribution in [0.4, 0.5) is 0 Å². The average Bonchev–Trinajstić information content (AvgIpc) is 3.31. The van der Waals surface area contributed by atoms with E-state index < -0.39 is 0 Å². The number of piperazine rings is 2. The van der Waals surface area contributed by atoms with Gasteiger partial charge in [-0.15, -0.1) is 0 Å². The number of hydrogen-bond acceptors (Lipinski definition) is 5. The van der Waals surface area contributed by atoms with Crippen LogP contribution < -0.4 is 5.32 Å². The van der Waals surface area contributed by atoms with Crippen molar-refractivity contribution in [2.75, 3.05) is 72.5 Å². The number of guanidine groups is 1. The van der Waals surface area contributed by atoms with Crippen molar-refractivity contribution in [1.82, 2.24) is 24.9 Å². The van der Waals surface area contributed by atoms with Crippen LogP contribution in [-0.2, 0) is 4.79 Å². The molecule has 1 aliphatic carbocycles. The van der Waals surface area contributed by atoms with E-state index in [2.05, 4.69) is 25.0 Å². The normalized spacial score (nSPS) is 21.2. The molecule has 1 N–H and O–H groups in total. The van der Waals surface area contributed by atoms with Gasteiger partial charge in [0.15, 0.2) is 11.7 Å². The summed E-state index contributed by atoms with van der Waals surface area (Å²) in [5.74, 6) is 1.89. The highest BCUT2D eigenvalue weighted by molar-refractivity contribution is 5.91. The number of carbonyl (C=O) groups excluding carboxylic acids is 2. The molecule has 0 aromatic carbocycles.